The van der Waals surface area contributed by atoms with E-state index in [0.29, 0.717) is 0 Å². The summed E-state index contributed by atoms with van der Waals surface area (Å²) < 4.78 is 2.16. The van der Waals surface area contributed by atoms with Gasteiger partial charge in [0, 0.05) is 19.3 Å². The number of nitrogens with one attached hydrogen (secondary N) is 1. The first-order valence-corrected chi connectivity index (χ1v) is 7.90. The van der Waals surface area contributed by atoms with Crippen LogP contribution in [0.4, 0.5) is 0 Å². The topological polar surface area (TPSA) is 29.3 Å². The van der Waals surface area contributed by atoms with Crippen molar-refractivity contribution in [2.45, 2.75) is 20.0 Å². The lowest BCUT2D eigenvalue weighted by Crippen LogP contribution is -2.14. The maximum Gasteiger partial charge on any atom is 0.136 e. The van der Waals surface area contributed by atoms with Gasteiger partial charge in [0.1, 0.15) is 5.65 Å². The van der Waals surface area contributed by atoms with Crippen LogP contribution in [0.15, 0.2) is 67.0 Å². The standard InChI is InChI=1S/C20H19N3/c1-15-6-9-20-22-13-19(23(20)14-15)12-21-11-16-7-8-17-4-2-3-5-18(17)10-16/h2-10,13-14,21H,11-12H2,1H3. The van der Waals surface area contributed by atoms with Gasteiger partial charge in [0.05, 0.1) is 11.9 Å². The Bertz CT molecular complexity index is 969. The summed E-state index contributed by atoms with van der Waals surface area (Å²) in [4.78, 5) is 4.45. The zero-order valence-corrected chi connectivity index (χ0v) is 13.2. The van der Waals surface area contributed by atoms with Gasteiger partial charge in [-0.1, -0.05) is 42.5 Å². The van der Waals surface area contributed by atoms with E-state index in [2.05, 4.69) is 82.4 Å². The van der Waals surface area contributed by atoms with Crippen molar-refractivity contribution in [2.24, 2.45) is 0 Å². The number of aryl methyl sites for hydroxylation is 1. The number of rotatable bonds is 4. The highest BCUT2D eigenvalue weighted by Crippen LogP contribution is 2.15. The lowest BCUT2D eigenvalue weighted by Gasteiger charge is -2.07. The van der Waals surface area contributed by atoms with E-state index in [-0.39, 0.29) is 0 Å². The van der Waals surface area contributed by atoms with Crippen LogP contribution in [0.1, 0.15) is 16.8 Å². The molecule has 0 aliphatic rings. The van der Waals surface area contributed by atoms with Crippen molar-refractivity contribution in [3.63, 3.8) is 0 Å². The molecule has 0 saturated heterocycles. The molecule has 114 valence electrons. The number of benzene rings is 2. The number of imidazole rings is 1. The molecule has 1 N–H and O–H groups in total. The number of aromatic nitrogens is 2. The molecule has 3 nitrogen and oxygen atoms in total. The molecule has 0 radical (unpaired) electrons. The second-order valence-corrected chi connectivity index (χ2v) is 5.97. The molecule has 0 aliphatic carbocycles. The zero-order chi connectivity index (χ0) is 15.6. The Kier molecular flexibility index (Phi) is 3.56. The molecule has 0 bridgehead atoms. The first-order valence-electron chi connectivity index (χ1n) is 7.90. The maximum absolute atomic E-state index is 4.45. The van der Waals surface area contributed by atoms with E-state index in [0.717, 1.165) is 18.7 Å². The Labute approximate surface area is 135 Å². The summed E-state index contributed by atoms with van der Waals surface area (Å²) in [5, 5.41) is 6.09. The molecule has 2 heterocycles. The third-order valence-corrected chi connectivity index (χ3v) is 4.18. The van der Waals surface area contributed by atoms with Gasteiger partial charge in [0.25, 0.3) is 0 Å². The molecule has 2 aromatic heterocycles. The van der Waals surface area contributed by atoms with Crippen molar-refractivity contribution in [2.75, 3.05) is 0 Å². The van der Waals surface area contributed by atoms with Gasteiger partial charge in [0.15, 0.2) is 0 Å². The molecule has 0 aliphatic heterocycles. The largest absolute Gasteiger partial charge is 0.307 e. The van der Waals surface area contributed by atoms with Crippen LogP contribution in [0, 0.1) is 6.92 Å². The normalized spacial score (nSPS) is 11.3. The molecule has 0 saturated carbocycles. The van der Waals surface area contributed by atoms with Crippen molar-refractivity contribution in [3.05, 3.63) is 83.8 Å². The minimum Gasteiger partial charge on any atom is -0.307 e. The van der Waals surface area contributed by atoms with Gasteiger partial charge < -0.3 is 9.72 Å². The molecular formula is C20H19N3. The molecular weight excluding hydrogens is 282 g/mol. The zero-order valence-electron chi connectivity index (χ0n) is 13.2. The smallest absolute Gasteiger partial charge is 0.136 e. The van der Waals surface area contributed by atoms with Gasteiger partial charge in [-0.15, -0.1) is 0 Å². The summed E-state index contributed by atoms with van der Waals surface area (Å²) in [6.07, 6.45) is 4.08. The highest BCUT2D eigenvalue weighted by molar-refractivity contribution is 5.82. The van der Waals surface area contributed by atoms with E-state index in [1.165, 1.54) is 27.6 Å². The predicted molar refractivity (Wildman–Crippen MR) is 94.4 cm³/mol. The van der Waals surface area contributed by atoms with Crippen molar-refractivity contribution in [1.82, 2.24) is 14.7 Å². The summed E-state index contributed by atoms with van der Waals surface area (Å²) in [6, 6.07) is 19.2. The van der Waals surface area contributed by atoms with E-state index in [1.807, 2.05) is 6.20 Å². The molecule has 2 aromatic carbocycles. The third-order valence-electron chi connectivity index (χ3n) is 4.18. The van der Waals surface area contributed by atoms with Gasteiger partial charge in [-0.25, -0.2) is 4.98 Å². The second-order valence-electron chi connectivity index (χ2n) is 5.97. The number of nitrogens with zero attached hydrogens (tertiary/aromatic N) is 2. The first kappa shape index (κ1) is 14.0. The van der Waals surface area contributed by atoms with Crippen LogP contribution >= 0.6 is 0 Å². The SMILES string of the molecule is Cc1ccc2ncc(CNCc3ccc4ccccc4c3)n2c1. The quantitative estimate of drug-likeness (QED) is 0.615. The molecule has 4 aromatic rings. The summed E-state index contributed by atoms with van der Waals surface area (Å²) in [7, 11) is 0. The lowest BCUT2D eigenvalue weighted by molar-refractivity contribution is 0.676. The average molecular weight is 301 g/mol. The second kappa shape index (κ2) is 5.86. The van der Waals surface area contributed by atoms with Gasteiger partial charge in [-0.3, -0.25) is 0 Å². The molecule has 3 heteroatoms. The van der Waals surface area contributed by atoms with Crippen molar-refractivity contribution >= 4 is 16.4 Å². The fourth-order valence-electron chi connectivity index (χ4n) is 2.95. The predicted octanol–water partition coefficient (Wildman–Crippen LogP) is 4.09. The Hall–Kier alpha value is -2.65. The molecule has 23 heavy (non-hydrogen) atoms. The summed E-state index contributed by atoms with van der Waals surface area (Å²) in [5.74, 6) is 0. The molecule has 0 atom stereocenters. The van der Waals surface area contributed by atoms with E-state index in [4.69, 9.17) is 0 Å². The van der Waals surface area contributed by atoms with Crippen molar-refractivity contribution < 1.29 is 0 Å². The summed E-state index contributed by atoms with van der Waals surface area (Å²) >= 11 is 0. The van der Waals surface area contributed by atoms with Crippen LogP contribution in [0.25, 0.3) is 16.4 Å². The molecule has 0 fully saturated rings. The highest BCUT2D eigenvalue weighted by atomic mass is 15.0. The Morgan fingerprint density at radius 2 is 1.83 bits per heavy atom. The fourth-order valence-corrected chi connectivity index (χ4v) is 2.95. The number of hydrogen-bond acceptors (Lipinski definition) is 2. The molecule has 0 amide bonds. The van der Waals surface area contributed by atoms with Crippen molar-refractivity contribution in [3.8, 4) is 0 Å². The first-order chi connectivity index (χ1) is 11.3. The molecule has 0 spiro atoms. The molecule has 0 unspecified atom stereocenters. The molecule has 4 rings (SSSR count). The number of fused-ring (bicyclic) bond motifs is 2. The van der Waals surface area contributed by atoms with E-state index in [9.17, 15) is 0 Å². The summed E-state index contributed by atoms with van der Waals surface area (Å²) in [6.45, 7) is 3.76. The van der Waals surface area contributed by atoms with E-state index >= 15 is 0 Å². The van der Waals surface area contributed by atoms with Gasteiger partial charge in [0.2, 0.25) is 0 Å². The van der Waals surface area contributed by atoms with Crippen LogP contribution in [0.3, 0.4) is 0 Å². The third kappa shape index (κ3) is 2.83. The van der Waals surface area contributed by atoms with Crippen molar-refractivity contribution in [1.29, 1.82) is 0 Å². The van der Waals surface area contributed by atoms with Gasteiger partial charge >= 0.3 is 0 Å². The number of pyridine rings is 1. The maximum atomic E-state index is 4.45. The monoisotopic (exact) mass is 301 g/mol. The Morgan fingerprint density at radius 3 is 2.74 bits per heavy atom. The van der Waals surface area contributed by atoms with Crippen LogP contribution in [-0.2, 0) is 13.1 Å². The van der Waals surface area contributed by atoms with Crippen LogP contribution in [0.2, 0.25) is 0 Å². The van der Waals surface area contributed by atoms with Crippen LogP contribution < -0.4 is 5.32 Å². The van der Waals surface area contributed by atoms with Crippen LogP contribution in [-0.4, -0.2) is 9.38 Å². The van der Waals surface area contributed by atoms with Gasteiger partial charge in [-0.2, -0.15) is 0 Å². The van der Waals surface area contributed by atoms with E-state index < -0.39 is 0 Å². The fraction of sp³-hybridized carbons (Fsp3) is 0.150. The van der Waals surface area contributed by atoms with E-state index in [1.54, 1.807) is 0 Å². The highest BCUT2D eigenvalue weighted by Gasteiger charge is 2.03. The lowest BCUT2D eigenvalue weighted by atomic mass is 10.1. The minimum atomic E-state index is 0.803. The van der Waals surface area contributed by atoms with Gasteiger partial charge in [-0.05, 0) is 41.0 Å². The minimum absolute atomic E-state index is 0.803. The average Bonchev–Trinajstić information content (AvgIpc) is 2.97. The number of hydrogen-bond donors (Lipinski definition) is 1. The summed E-state index contributed by atoms with van der Waals surface area (Å²) in [5.41, 5.74) is 4.72. The van der Waals surface area contributed by atoms with Crippen LogP contribution in [0.5, 0.6) is 0 Å². The Balaban J connectivity index is 1.48. The Morgan fingerprint density at radius 1 is 0.957 bits per heavy atom.